The quantitative estimate of drug-likeness (QED) is 0.265. The maximum absolute atomic E-state index is 5.13. The van der Waals surface area contributed by atoms with Gasteiger partial charge >= 0.3 is 0 Å². The van der Waals surface area contributed by atoms with Crippen LogP contribution in [-0.4, -0.2) is 27.9 Å². The highest BCUT2D eigenvalue weighted by Gasteiger charge is 2.27. The zero-order valence-corrected chi connectivity index (χ0v) is 21.3. The van der Waals surface area contributed by atoms with Crippen LogP contribution in [-0.2, 0) is 0 Å². The average Bonchev–Trinajstić information content (AvgIpc) is 2.66. The Morgan fingerprint density at radius 2 is 1.07 bits per heavy atom. The molecule has 0 atom stereocenters. The van der Waals surface area contributed by atoms with Crippen LogP contribution in [0, 0.1) is 0 Å². The molecule has 0 unspecified atom stereocenters. The van der Waals surface area contributed by atoms with E-state index < -0.39 is 16.5 Å². The second kappa shape index (κ2) is 9.54. The lowest BCUT2D eigenvalue weighted by molar-refractivity contribution is 1.09. The standard InChI is InChI=1S/C23H36N4Si2/c1-9-23(25-27(29(6,7)8)22-18-14-11-15-19-22)20(2)24-26(28(3,4)5)21-16-12-10-13-17-21/h10-19H,9H2,1-8H3/b24-20+,25-23+. The van der Waals surface area contributed by atoms with Crippen LogP contribution in [0.5, 0.6) is 0 Å². The fraction of sp³-hybridized carbons (Fsp3) is 0.391. The third-order valence-electron chi connectivity index (χ3n) is 4.50. The summed E-state index contributed by atoms with van der Waals surface area (Å²) in [6.07, 6.45) is 0.845. The summed E-state index contributed by atoms with van der Waals surface area (Å²) in [5.74, 6) is 0. The maximum atomic E-state index is 5.13. The molecule has 29 heavy (non-hydrogen) atoms. The van der Waals surface area contributed by atoms with E-state index in [1.54, 1.807) is 0 Å². The van der Waals surface area contributed by atoms with E-state index in [1.165, 1.54) is 0 Å². The normalized spacial score (nSPS) is 13.4. The molecule has 4 nitrogen and oxygen atoms in total. The summed E-state index contributed by atoms with van der Waals surface area (Å²) in [6, 6.07) is 20.9. The number of nitrogens with zero attached hydrogens (tertiary/aromatic N) is 4. The van der Waals surface area contributed by atoms with Crippen molar-refractivity contribution in [1.29, 1.82) is 0 Å². The van der Waals surface area contributed by atoms with Gasteiger partial charge in [-0.25, -0.2) is 0 Å². The van der Waals surface area contributed by atoms with Crippen molar-refractivity contribution >= 4 is 39.3 Å². The molecule has 0 amide bonds. The fourth-order valence-electron chi connectivity index (χ4n) is 3.06. The van der Waals surface area contributed by atoms with Gasteiger partial charge in [0.15, 0.2) is 16.5 Å². The average molecular weight is 425 g/mol. The van der Waals surface area contributed by atoms with Gasteiger partial charge in [-0.05, 0) is 76.9 Å². The monoisotopic (exact) mass is 424 g/mol. The molecule has 0 aliphatic rings. The van der Waals surface area contributed by atoms with Gasteiger partial charge < -0.3 is 0 Å². The van der Waals surface area contributed by atoms with Crippen LogP contribution in [0.15, 0.2) is 70.9 Å². The summed E-state index contributed by atoms with van der Waals surface area (Å²) in [5.41, 5.74) is 4.32. The first-order chi connectivity index (χ1) is 13.5. The Morgan fingerprint density at radius 3 is 1.41 bits per heavy atom. The second-order valence-electron chi connectivity index (χ2n) is 9.22. The van der Waals surface area contributed by atoms with Crippen LogP contribution in [0.2, 0.25) is 39.3 Å². The van der Waals surface area contributed by atoms with Crippen LogP contribution >= 0.6 is 0 Å². The minimum absolute atomic E-state index is 0.845. The third kappa shape index (κ3) is 6.40. The molecule has 0 bridgehead atoms. The summed E-state index contributed by atoms with van der Waals surface area (Å²) in [7, 11) is -3.41. The van der Waals surface area contributed by atoms with Crippen LogP contribution in [0.25, 0.3) is 0 Å². The summed E-state index contributed by atoms with van der Waals surface area (Å²) in [5, 5.41) is 10.2. The van der Waals surface area contributed by atoms with Gasteiger partial charge in [-0.2, -0.15) is 10.2 Å². The van der Waals surface area contributed by atoms with Gasteiger partial charge in [0.1, 0.15) is 0 Å². The SMILES string of the molecule is CCC(=N\N(c1ccccc1)[Si](C)(C)C)/C(C)=N/N(c1ccccc1)[Si](C)(C)C. The zero-order chi connectivity index (χ0) is 21.7. The number of benzene rings is 2. The molecule has 0 heterocycles. The first-order valence-corrected chi connectivity index (χ1v) is 17.3. The van der Waals surface area contributed by atoms with Crippen molar-refractivity contribution in [2.45, 2.75) is 59.6 Å². The molecule has 0 spiro atoms. The number of hydrogen-bond acceptors (Lipinski definition) is 4. The highest BCUT2D eigenvalue weighted by molar-refractivity contribution is 6.80. The lowest BCUT2D eigenvalue weighted by Gasteiger charge is -2.34. The van der Waals surface area contributed by atoms with Crippen molar-refractivity contribution in [3.05, 3.63) is 60.7 Å². The number of anilines is 2. The van der Waals surface area contributed by atoms with Crippen molar-refractivity contribution in [1.82, 2.24) is 0 Å². The van der Waals surface area contributed by atoms with Gasteiger partial charge in [0.05, 0.1) is 11.4 Å². The van der Waals surface area contributed by atoms with Crippen molar-refractivity contribution < 1.29 is 0 Å². The molecule has 0 N–H and O–H groups in total. The molecule has 0 radical (unpaired) electrons. The Hall–Kier alpha value is -2.19. The first-order valence-electron chi connectivity index (χ1n) is 10.4. The van der Waals surface area contributed by atoms with Crippen LogP contribution in [0.3, 0.4) is 0 Å². The summed E-state index contributed by atoms with van der Waals surface area (Å²) < 4.78 is 4.47. The van der Waals surface area contributed by atoms with Crippen LogP contribution < -0.4 is 9.35 Å². The maximum Gasteiger partial charge on any atom is 0.176 e. The van der Waals surface area contributed by atoms with Gasteiger partial charge in [-0.3, -0.25) is 9.35 Å². The Bertz CT molecular complexity index is 835. The van der Waals surface area contributed by atoms with Crippen molar-refractivity contribution in [3.8, 4) is 0 Å². The molecule has 0 fully saturated rings. The molecule has 2 aromatic carbocycles. The Morgan fingerprint density at radius 1 is 0.690 bits per heavy atom. The number of hydrogen-bond donors (Lipinski definition) is 0. The van der Waals surface area contributed by atoms with E-state index in [4.69, 9.17) is 10.2 Å². The molecule has 0 saturated carbocycles. The van der Waals surface area contributed by atoms with Gasteiger partial charge in [0, 0.05) is 11.4 Å². The largest absolute Gasteiger partial charge is 0.295 e. The molecular formula is C23H36N4Si2. The van der Waals surface area contributed by atoms with Gasteiger partial charge in [0.2, 0.25) is 0 Å². The van der Waals surface area contributed by atoms with E-state index in [9.17, 15) is 0 Å². The van der Waals surface area contributed by atoms with E-state index in [1.807, 2.05) is 6.07 Å². The van der Waals surface area contributed by atoms with Crippen molar-refractivity contribution in [3.63, 3.8) is 0 Å². The summed E-state index contributed by atoms with van der Waals surface area (Å²) >= 11 is 0. The second-order valence-corrected chi connectivity index (χ2v) is 18.8. The smallest absolute Gasteiger partial charge is 0.176 e. The molecular weight excluding hydrogens is 388 g/mol. The van der Waals surface area contributed by atoms with Gasteiger partial charge in [-0.15, -0.1) is 0 Å². The number of hydrazone groups is 2. The molecule has 0 saturated heterocycles. The summed E-state index contributed by atoms with van der Waals surface area (Å²) in [4.78, 5) is 0. The van der Waals surface area contributed by atoms with Crippen molar-refractivity contribution in [2.75, 3.05) is 9.35 Å². The first kappa shape index (κ1) is 23.1. The molecule has 0 aliphatic heterocycles. The highest BCUT2D eigenvalue weighted by Crippen LogP contribution is 2.24. The predicted octanol–water partition coefficient (Wildman–Crippen LogP) is 6.81. The zero-order valence-electron chi connectivity index (χ0n) is 19.3. The summed E-state index contributed by atoms with van der Waals surface area (Å²) in [6.45, 7) is 18.2. The number of para-hydroxylation sites is 2. The van der Waals surface area contributed by atoms with E-state index in [2.05, 4.69) is 117 Å². The molecule has 2 rings (SSSR count). The van der Waals surface area contributed by atoms with Crippen LogP contribution in [0.4, 0.5) is 11.4 Å². The van der Waals surface area contributed by atoms with Crippen molar-refractivity contribution in [2.24, 2.45) is 10.2 Å². The fourth-order valence-corrected chi connectivity index (χ4v) is 5.77. The van der Waals surface area contributed by atoms with Gasteiger partial charge in [-0.1, -0.05) is 43.3 Å². The molecule has 156 valence electrons. The highest BCUT2D eigenvalue weighted by atomic mass is 28.3. The van der Waals surface area contributed by atoms with E-state index >= 15 is 0 Å². The van der Waals surface area contributed by atoms with E-state index in [0.717, 1.165) is 29.2 Å². The predicted molar refractivity (Wildman–Crippen MR) is 135 cm³/mol. The van der Waals surface area contributed by atoms with Gasteiger partial charge in [0.25, 0.3) is 0 Å². The molecule has 0 aromatic heterocycles. The minimum Gasteiger partial charge on any atom is -0.295 e. The molecule has 6 heteroatoms. The Kier molecular flexibility index (Phi) is 7.60. The molecule has 2 aromatic rings. The third-order valence-corrected chi connectivity index (χ3v) is 7.75. The number of rotatable bonds is 8. The minimum atomic E-state index is -1.71. The lowest BCUT2D eigenvalue weighted by atomic mass is 10.2. The van der Waals surface area contributed by atoms with E-state index in [0.29, 0.717) is 0 Å². The van der Waals surface area contributed by atoms with Crippen LogP contribution in [0.1, 0.15) is 20.3 Å². The topological polar surface area (TPSA) is 31.2 Å². The van der Waals surface area contributed by atoms with E-state index in [-0.39, 0.29) is 0 Å². The Balaban J connectivity index is 2.49. The Labute approximate surface area is 179 Å². The lowest BCUT2D eigenvalue weighted by Crippen LogP contribution is -2.45. The molecule has 0 aliphatic carbocycles.